The standard InChI is InChI=1S/C17H24FNO2/c1-19(12-14-6-8-15(18)9-7-14)13-17(16(20)21)10-4-2-3-5-11-17/h6-9H,2-5,10-13H2,1H3,(H,20,21). The average Bonchev–Trinajstić information content (AvgIpc) is 2.68. The van der Waals surface area contributed by atoms with Crippen molar-refractivity contribution in [2.45, 2.75) is 45.1 Å². The Morgan fingerprint density at radius 1 is 1.19 bits per heavy atom. The van der Waals surface area contributed by atoms with Crippen LogP contribution < -0.4 is 0 Å². The summed E-state index contributed by atoms with van der Waals surface area (Å²) in [5.74, 6) is -0.914. The van der Waals surface area contributed by atoms with Gasteiger partial charge in [0.1, 0.15) is 5.82 Å². The Morgan fingerprint density at radius 2 is 1.76 bits per heavy atom. The van der Waals surface area contributed by atoms with Gasteiger partial charge in [-0.3, -0.25) is 4.79 Å². The normalized spacial score (nSPS) is 18.4. The van der Waals surface area contributed by atoms with Gasteiger partial charge < -0.3 is 10.0 Å². The molecular weight excluding hydrogens is 269 g/mol. The molecule has 2 rings (SSSR count). The maximum Gasteiger partial charge on any atom is 0.310 e. The number of nitrogens with zero attached hydrogens (tertiary/aromatic N) is 1. The molecule has 0 spiro atoms. The van der Waals surface area contributed by atoms with E-state index in [4.69, 9.17) is 0 Å². The van der Waals surface area contributed by atoms with Crippen LogP contribution >= 0.6 is 0 Å². The van der Waals surface area contributed by atoms with E-state index in [1.54, 1.807) is 12.1 Å². The zero-order chi connectivity index (χ0) is 15.3. The van der Waals surface area contributed by atoms with Crippen molar-refractivity contribution in [2.24, 2.45) is 5.41 Å². The molecule has 0 atom stereocenters. The van der Waals surface area contributed by atoms with Crippen LogP contribution in [0.1, 0.15) is 44.1 Å². The summed E-state index contributed by atoms with van der Waals surface area (Å²) in [6.07, 6.45) is 5.78. The van der Waals surface area contributed by atoms with E-state index in [2.05, 4.69) is 0 Å². The monoisotopic (exact) mass is 293 g/mol. The van der Waals surface area contributed by atoms with Gasteiger partial charge in [0, 0.05) is 13.1 Å². The number of carbonyl (C=O) groups is 1. The Hall–Kier alpha value is -1.42. The lowest BCUT2D eigenvalue weighted by Gasteiger charge is -2.32. The molecule has 0 saturated heterocycles. The van der Waals surface area contributed by atoms with Gasteiger partial charge in [-0.05, 0) is 37.6 Å². The van der Waals surface area contributed by atoms with Crippen LogP contribution in [0.2, 0.25) is 0 Å². The summed E-state index contributed by atoms with van der Waals surface area (Å²) in [5, 5.41) is 9.69. The van der Waals surface area contributed by atoms with E-state index in [1.165, 1.54) is 12.1 Å². The molecule has 4 heteroatoms. The Labute approximate surface area is 125 Å². The molecule has 0 unspecified atom stereocenters. The summed E-state index contributed by atoms with van der Waals surface area (Å²) in [6, 6.07) is 6.41. The van der Waals surface area contributed by atoms with Gasteiger partial charge in [-0.15, -0.1) is 0 Å². The number of halogens is 1. The van der Waals surface area contributed by atoms with Crippen LogP contribution in [0, 0.1) is 11.2 Å². The topological polar surface area (TPSA) is 40.5 Å². The minimum Gasteiger partial charge on any atom is -0.481 e. The van der Waals surface area contributed by atoms with Crippen molar-refractivity contribution in [3.8, 4) is 0 Å². The van der Waals surface area contributed by atoms with Crippen molar-refractivity contribution in [1.29, 1.82) is 0 Å². The van der Waals surface area contributed by atoms with Crippen LogP contribution in [0.25, 0.3) is 0 Å². The highest BCUT2D eigenvalue weighted by molar-refractivity contribution is 5.75. The zero-order valence-electron chi connectivity index (χ0n) is 12.6. The Bertz CT molecular complexity index is 464. The Balaban J connectivity index is 2.02. The van der Waals surface area contributed by atoms with Crippen LogP contribution in [0.5, 0.6) is 0 Å². The highest BCUT2D eigenvalue weighted by Crippen LogP contribution is 2.36. The lowest BCUT2D eigenvalue weighted by atomic mass is 9.80. The number of aliphatic carboxylic acids is 1. The first-order valence-corrected chi connectivity index (χ1v) is 7.68. The van der Waals surface area contributed by atoms with Gasteiger partial charge in [0.15, 0.2) is 0 Å². The molecule has 21 heavy (non-hydrogen) atoms. The molecule has 1 aromatic rings. The largest absolute Gasteiger partial charge is 0.481 e. The molecule has 1 aliphatic carbocycles. The third-order valence-electron chi connectivity index (χ3n) is 4.45. The van der Waals surface area contributed by atoms with Crippen LogP contribution in [0.3, 0.4) is 0 Å². The van der Waals surface area contributed by atoms with Crippen molar-refractivity contribution >= 4 is 5.97 Å². The van der Waals surface area contributed by atoms with E-state index in [0.717, 1.165) is 44.1 Å². The van der Waals surface area contributed by atoms with E-state index in [0.29, 0.717) is 13.1 Å². The maximum atomic E-state index is 12.9. The number of carboxylic acid groups (broad SMARTS) is 1. The van der Waals surface area contributed by atoms with Crippen LogP contribution in [0.15, 0.2) is 24.3 Å². The van der Waals surface area contributed by atoms with Crippen molar-refractivity contribution in [1.82, 2.24) is 4.90 Å². The second-order valence-corrected chi connectivity index (χ2v) is 6.30. The predicted octanol–water partition coefficient (Wildman–Crippen LogP) is 3.68. The van der Waals surface area contributed by atoms with Crippen LogP contribution in [0.4, 0.5) is 4.39 Å². The first-order valence-electron chi connectivity index (χ1n) is 7.68. The maximum absolute atomic E-state index is 12.9. The first-order chi connectivity index (χ1) is 10.0. The van der Waals surface area contributed by atoms with E-state index >= 15 is 0 Å². The van der Waals surface area contributed by atoms with E-state index in [1.807, 2.05) is 11.9 Å². The molecule has 0 aromatic heterocycles. The van der Waals surface area contributed by atoms with Gasteiger partial charge in [0.2, 0.25) is 0 Å². The SMILES string of the molecule is CN(Cc1ccc(F)cc1)CC1(C(=O)O)CCCCCC1. The number of hydrogen-bond donors (Lipinski definition) is 1. The average molecular weight is 293 g/mol. The molecular formula is C17H24FNO2. The molecule has 1 fully saturated rings. The molecule has 1 saturated carbocycles. The molecule has 0 radical (unpaired) electrons. The van der Waals surface area contributed by atoms with Gasteiger partial charge in [0.05, 0.1) is 5.41 Å². The zero-order valence-corrected chi connectivity index (χ0v) is 12.6. The smallest absolute Gasteiger partial charge is 0.310 e. The summed E-state index contributed by atoms with van der Waals surface area (Å²) in [4.78, 5) is 13.8. The summed E-state index contributed by atoms with van der Waals surface area (Å²) in [7, 11) is 1.94. The second-order valence-electron chi connectivity index (χ2n) is 6.30. The third-order valence-corrected chi connectivity index (χ3v) is 4.45. The number of hydrogen-bond acceptors (Lipinski definition) is 2. The lowest BCUT2D eigenvalue weighted by Crippen LogP contribution is -2.41. The molecule has 0 bridgehead atoms. The van der Waals surface area contributed by atoms with Gasteiger partial charge in [-0.2, -0.15) is 0 Å². The lowest BCUT2D eigenvalue weighted by molar-refractivity contribution is -0.151. The van der Waals surface area contributed by atoms with Gasteiger partial charge in [-0.1, -0.05) is 37.8 Å². The van der Waals surface area contributed by atoms with Crippen molar-refractivity contribution in [3.63, 3.8) is 0 Å². The molecule has 3 nitrogen and oxygen atoms in total. The fraction of sp³-hybridized carbons (Fsp3) is 0.588. The quantitative estimate of drug-likeness (QED) is 0.842. The summed E-state index contributed by atoms with van der Waals surface area (Å²) < 4.78 is 12.9. The fourth-order valence-corrected chi connectivity index (χ4v) is 3.32. The first kappa shape index (κ1) is 16.0. The van der Waals surface area contributed by atoms with Gasteiger partial charge in [0.25, 0.3) is 0 Å². The van der Waals surface area contributed by atoms with Gasteiger partial charge in [-0.25, -0.2) is 4.39 Å². The summed E-state index contributed by atoms with van der Waals surface area (Å²) >= 11 is 0. The van der Waals surface area contributed by atoms with Crippen LogP contribution in [-0.2, 0) is 11.3 Å². The van der Waals surface area contributed by atoms with Crippen molar-refractivity contribution in [3.05, 3.63) is 35.6 Å². The molecule has 0 amide bonds. The highest BCUT2D eigenvalue weighted by atomic mass is 19.1. The molecule has 1 N–H and O–H groups in total. The number of benzene rings is 1. The Morgan fingerprint density at radius 3 is 2.29 bits per heavy atom. The molecule has 116 valence electrons. The molecule has 0 aliphatic heterocycles. The second kappa shape index (κ2) is 7.03. The Kier molecular flexibility index (Phi) is 5.34. The fourth-order valence-electron chi connectivity index (χ4n) is 3.32. The molecule has 0 heterocycles. The minimum absolute atomic E-state index is 0.243. The van der Waals surface area contributed by atoms with E-state index < -0.39 is 11.4 Å². The molecule has 1 aliphatic rings. The van der Waals surface area contributed by atoms with Crippen molar-refractivity contribution in [2.75, 3.05) is 13.6 Å². The molecule has 1 aromatic carbocycles. The van der Waals surface area contributed by atoms with Crippen LogP contribution in [-0.4, -0.2) is 29.6 Å². The van der Waals surface area contributed by atoms with E-state index in [9.17, 15) is 14.3 Å². The number of rotatable bonds is 5. The highest BCUT2D eigenvalue weighted by Gasteiger charge is 2.39. The number of carboxylic acids is 1. The summed E-state index contributed by atoms with van der Waals surface area (Å²) in [5.41, 5.74) is 0.388. The van der Waals surface area contributed by atoms with Crippen molar-refractivity contribution < 1.29 is 14.3 Å². The third kappa shape index (κ3) is 4.27. The predicted molar refractivity (Wildman–Crippen MR) is 80.5 cm³/mol. The minimum atomic E-state index is -0.671. The summed E-state index contributed by atoms with van der Waals surface area (Å²) in [6.45, 7) is 1.20. The van der Waals surface area contributed by atoms with E-state index in [-0.39, 0.29) is 5.82 Å². The van der Waals surface area contributed by atoms with Gasteiger partial charge >= 0.3 is 5.97 Å².